The van der Waals surface area contributed by atoms with Crippen LogP contribution in [0.4, 0.5) is 4.79 Å². The lowest BCUT2D eigenvalue weighted by molar-refractivity contribution is -0.575. The van der Waals surface area contributed by atoms with E-state index in [1.165, 1.54) is 22.1 Å². The first-order valence-electron chi connectivity index (χ1n) is 8.17. The molecule has 0 aliphatic heterocycles. The lowest BCUT2D eigenvalue weighted by atomic mass is 10.2. The summed E-state index contributed by atoms with van der Waals surface area (Å²) in [7, 11) is 0. The average molecular weight is 426 g/mol. The average Bonchev–Trinajstić information content (AvgIpc) is 3.04. The van der Waals surface area contributed by atoms with Crippen LogP contribution in [0, 0.1) is 5.21 Å². The first-order valence-corrected chi connectivity index (χ1v) is 9.78. The minimum Gasteiger partial charge on any atom is -0.618 e. The van der Waals surface area contributed by atoms with Gasteiger partial charge in [-0.25, -0.2) is 14.3 Å². The molecule has 8 heteroatoms. The highest BCUT2D eigenvalue weighted by Crippen LogP contribution is 2.33. The normalized spacial score (nSPS) is 12.2. The van der Waals surface area contributed by atoms with Gasteiger partial charge in [0.1, 0.15) is 27.2 Å². The van der Waals surface area contributed by atoms with Crippen molar-refractivity contribution >= 4 is 54.6 Å². The van der Waals surface area contributed by atoms with Gasteiger partial charge in [-0.15, -0.1) is 11.3 Å². The standard InChI is InChI=1S/C17H20BrN3O3S/c1-5-6-7-13-19-14-11(21(13)16(22)24-17(2,3)4)9-20(23)10-8-12(18)25-15(10)14/h8-9H,5-7H2,1-4H3. The van der Waals surface area contributed by atoms with Crippen LogP contribution in [0.1, 0.15) is 46.4 Å². The van der Waals surface area contributed by atoms with E-state index in [1.54, 1.807) is 6.07 Å². The first kappa shape index (κ1) is 18.1. The molecule has 25 heavy (non-hydrogen) atoms. The number of halogens is 1. The lowest BCUT2D eigenvalue weighted by Gasteiger charge is -2.20. The van der Waals surface area contributed by atoms with Crippen molar-refractivity contribution in [2.24, 2.45) is 0 Å². The van der Waals surface area contributed by atoms with Gasteiger partial charge in [-0.05, 0) is 43.1 Å². The molecule has 6 nitrogen and oxygen atoms in total. The fourth-order valence-electron chi connectivity index (χ4n) is 2.65. The SMILES string of the molecule is CCCCc1nc2c3sc(Br)cc3[n+]([O-])cc2n1C(=O)OC(C)(C)C. The number of aryl methyl sites for hydroxylation is 1. The summed E-state index contributed by atoms with van der Waals surface area (Å²) in [6.45, 7) is 7.54. The predicted molar refractivity (Wildman–Crippen MR) is 102 cm³/mol. The molecule has 3 rings (SSSR count). The van der Waals surface area contributed by atoms with Crippen molar-refractivity contribution in [1.82, 2.24) is 9.55 Å². The molecule has 3 aromatic heterocycles. The van der Waals surface area contributed by atoms with Gasteiger partial charge in [0, 0.05) is 12.5 Å². The molecule has 0 aromatic carbocycles. The number of rotatable bonds is 3. The van der Waals surface area contributed by atoms with E-state index in [9.17, 15) is 10.0 Å². The summed E-state index contributed by atoms with van der Waals surface area (Å²) < 4.78 is 9.37. The van der Waals surface area contributed by atoms with Crippen LogP contribution < -0.4 is 4.73 Å². The second kappa shape index (κ2) is 6.57. The van der Waals surface area contributed by atoms with Crippen molar-refractivity contribution in [3.63, 3.8) is 0 Å². The zero-order valence-corrected chi connectivity index (χ0v) is 17.0. The number of hydrogen-bond donors (Lipinski definition) is 0. The second-order valence-corrected chi connectivity index (χ2v) is 9.33. The molecule has 3 aromatic rings. The monoisotopic (exact) mass is 425 g/mol. The predicted octanol–water partition coefficient (Wildman–Crippen LogP) is 4.77. The van der Waals surface area contributed by atoms with Crippen molar-refractivity contribution in [3.8, 4) is 0 Å². The molecule has 3 heterocycles. The number of fused-ring (bicyclic) bond motifs is 3. The highest BCUT2D eigenvalue weighted by Gasteiger charge is 2.26. The Morgan fingerprint density at radius 3 is 2.84 bits per heavy atom. The molecule has 0 radical (unpaired) electrons. The van der Waals surface area contributed by atoms with Gasteiger partial charge in [0.15, 0.2) is 0 Å². The van der Waals surface area contributed by atoms with E-state index < -0.39 is 11.7 Å². The smallest absolute Gasteiger partial charge is 0.420 e. The van der Waals surface area contributed by atoms with E-state index >= 15 is 0 Å². The van der Waals surface area contributed by atoms with Crippen molar-refractivity contribution < 1.29 is 14.3 Å². The number of carbonyl (C=O) groups excluding carboxylic acids is 1. The summed E-state index contributed by atoms with van der Waals surface area (Å²) >= 11 is 4.85. The molecule has 0 amide bonds. The van der Waals surface area contributed by atoms with Crippen LogP contribution in [0.15, 0.2) is 16.0 Å². The summed E-state index contributed by atoms with van der Waals surface area (Å²) in [4.78, 5) is 17.4. The van der Waals surface area contributed by atoms with Crippen LogP contribution in [0.2, 0.25) is 0 Å². The maximum absolute atomic E-state index is 12.8. The molecular formula is C17H20BrN3O3S. The molecule has 0 fully saturated rings. The molecule has 0 bridgehead atoms. The number of hydrogen-bond acceptors (Lipinski definition) is 5. The second-order valence-electron chi connectivity index (χ2n) is 6.90. The Morgan fingerprint density at radius 1 is 1.48 bits per heavy atom. The minimum atomic E-state index is -0.626. The van der Waals surface area contributed by atoms with Crippen molar-refractivity contribution in [3.05, 3.63) is 27.1 Å². The van der Waals surface area contributed by atoms with Gasteiger partial charge in [-0.1, -0.05) is 13.3 Å². The Kier molecular flexibility index (Phi) is 4.76. The van der Waals surface area contributed by atoms with Gasteiger partial charge in [0.25, 0.3) is 0 Å². The molecule has 0 aliphatic rings. The zero-order valence-electron chi connectivity index (χ0n) is 14.6. The van der Waals surface area contributed by atoms with Crippen molar-refractivity contribution in [2.75, 3.05) is 0 Å². The van der Waals surface area contributed by atoms with E-state index in [2.05, 4.69) is 27.8 Å². The molecule has 0 saturated heterocycles. The molecule has 0 unspecified atom stereocenters. The first-order chi connectivity index (χ1) is 11.7. The summed E-state index contributed by atoms with van der Waals surface area (Å²) in [5.41, 5.74) is 1.06. The van der Waals surface area contributed by atoms with E-state index in [0.29, 0.717) is 28.8 Å². The number of unbranched alkanes of at least 4 members (excludes halogenated alkanes) is 1. The maximum Gasteiger partial charge on any atom is 0.420 e. The van der Waals surface area contributed by atoms with Gasteiger partial charge in [0.2, 0.25) is 11.7 Å². The lowest BCUT2D eigenvalue weighted by Crippen LogP contribution is -2.30. The van der Waals surface area contributed by atoms with Crippen LogP contribution >= 0.6 is 27.3 Å². The number of nitrogens with zero attached hydrogens (tertiary/aromatic N) is 3. The zero-order chi connectivity index (χ0) is 18.4. The Morgan fingerprint density at radius 2 is 2.20 bits per heavy atom. The largest absolute Gasteiger partial charge is 0.618 e. The number of aromatic nitrogens is 3. The molecule has 134 valence electrons. The van der Waals surface area contributed by atoms with Gasteiger partial charge in [-0.3, -0.25) is 0 Å². The summed E-state index contributed by atoms with van der Waals surface area (Å²) in [6.07, 6.45) is 3.44. The molecule has 0 spiro atoms. The number of pyridine rings is 1. The molecule has 0 N–H and O–H groups in total. The van der Waals surface area contributed by atoms with E-state index in [-0.39, 0.29) is 0 Å². The van der Waals surface area contributed by atoms with Crippen LogP contribution in [-0.4, -0.2) is 21.2 Å². The highest BCUT2D eigenvalue weighted by molar-refractivity contribution is 9.11. The molecule has 0 aliphatic carbocycles. The Balaban J connectivity index is 2.26. The topological polar surface area (TPSA) is 71.1 Å². The quantitative estimate of drug-likeness (QED) is 0.447. The van der Waals surface area contributed by atoms with Crippen LogP contribution in [0.25, 0.3) is 21.3 Å². The molecule has 0 atom stereocenters. The molecule has 0 saturated carbocycles. The Labute approximate surface area is 158 Å². The van der Waals surface area contributed by atoms with Gasteiger partial charge in [-0.2, -0.15) is 4.73 Å². The van der Waals surface area contributed by atoms with Crippen LogP contribution in [0.5, 0.6) is 0 Å². The van der Waals surface area contributed by atoms with Crippen LogP contribution in [-0.2, 0) is 11.2 Å². The number of carbonyl (C=O) groups is 1. The van der Waals surface area contributed by atoms with Gasteiger partial charge in [0.05, 0.1) is 3.79 Å². The Hall–Kier alpha value is -1.67. The number of ether oxygens (including phenoxy) is 1. The Bertz CT molecular complexity index is 956. The van der Waals surface area contributed by atoms with Gasteiger partial charge < -0.3 is 9.94 Å². The summed E-state index contributed by atoms with van der Waals surface area (Å²) in [5.74, 6) is 0.628. The summed E-state index contributed by atoms with van der Waals surface area (Å²) in [6, 6.07) is 1.77. The number of imidazole rings is 1. The fraction of sp³-hybridized carbons (Fsp3) is 0.471. The third-order valence-electron chi connectivity index (χ3n) is 3.69. The minimum absolute atomic E-state index is 0.484. The third kappa shape index (κ3) is 3.50. The highest BCUT2D eigenvalue weighted by atomic mass is 79.9. The fourth-order valence-corrected chi connectivity index (χ4v) is 4.22. The van der Waals surface area contributed by atoms with E-state index in [0.717, 1.165) is 26.1 Å². The van der Waals surface area contributed by atoms with Crippen molar-refractivity contribution in [1.29, 1.82) is 0 Å². The van der Waals surface area contributed by atoms with E-state index in [1.807, 2.05) is 20.8 Å². The van der Waals surface area contributed by atoms with Crippen LogP contribution in [0.3, 0.4) is 0 Å². The van der Waals surface area contributed by atoms with Crippen molar-refractivity contribution in [2.45, 2.75) is 52.6 Å². The molecular weight excluding hydrogens is 406 g/mol. The van der Waals surface area contributed by atoms with Gasteiger partial charge >= 0.3 is 6.09 Å². The third-order valence-corrected chi connectivity index (χ3v) is 5.32. The summed E-state index contributed by atoms with van der Waals surface area (Å²) in [5, 5.41) is 12.4. The van der Waals surface area contributed by atoms with E-state index in [4.69, 9.17) is 4.74 Å². The number of thiophene rings is 1. The maximum atomic E-state index is 12.8.